The predicted octanol–water partition coefficient (Wildman–Crippen LogP) is 3.62. The van der Waals surface area contributed by atoms with Gasteiger partial charge in [0.25, 0.3) is 0 Å². The van der Waals surface area contributed by atoms with Crippen molar-refractivity contribution < 1.29 is 0 Å². The van der Waals surface area contributed by atoms with Crippen molar-refractivity contribution in [3.05, 3.63) is 76.5 Å². The standard InChI is InChI=1S/C15H12BrN3/c16-13-6-8-15(9-7-13)19-11-14(17-18-19)10-12-4-2-1-3-5-12/h1-9,11H,10H2. The van der Waals surface area contributed by atoms with Gasteiger partial charge in [-0.3, -0.25) is 0 Å². The van der Waals surface area contributed by atoms with Crippen LogP contribution in [0.4, 0.5) is 0 Å². The van der Waals surface area contributed by atoms with Crippen LogP contribution in [0.2, 0.25) is 0 Å². The normalized spacial score (nSPS) is 10.6. The summed E-state index contributed by atoms with van der Waals surface area (Å²) in [4.78, 5) is 0. The van der Waals surface area contributed by atoms with E-state index < -0.39 is 0 Å². The quantitative estimate of drug-likeness (QED) is 0.739. The van der Waals surface area contributed by atoms with Crippen LogP contribution in [0.15, 0.2) is 65.3 Å². The van der Waals surface area contributed by atoms with Crippen molar-refractivity contribution >= 4 is 15.9 Å². The Kier molecular flexibility index (Phi) is 3.42. The molecule has 0 amide bonds. The van der Waals surface area contributed by atoms with Gasteiger partial charge in [-0.25, -0.2) is 4.68 Å². The van der Waals surface area contributed by atoms with Crippen molar-refractivity contribution in [2.24, 2.45) is 0 Å². The summed E-state index contributed by atoms with van der Waals surface area (Å²) < 4.78 is 2.85. The van der Waals surface area contributed by atoms with Crippen molar-refractivity contribution in [3.63, 3.8) is 0 Å². The highest BCUT2D eigenvalue weighted by molar-refractivity contribution is 9.10. The van der Waals surface area contributed by atoms with Crippen LogP contribution in [-0.2, 0) is 6.42 Å². The zero-order valence-corrected chi connectivity index (χ0v) is 11.8. The molecule has 4 heteroatoms. The third kappa shape index (κ3) is 2.90. The average Bonchev–Trinajstić information content (AvgIpc) is 2.89. The summed E-state index contributed by atoms with van der Waals surface area (Å²) in [7, 11) is 0. The molecule has 0 aliphatic carbocycles. The lowest BCUT2D eigenvalue weighted by atomic mass is 10.1. The second kappa shape index (κ2) is 5.36. The highest BCUT2D eigenvalue weighted by Crippen LogP contribution is 2.14. The average molecular weight is 314 g/mol. The molecule has 3 rings (SSSR count). The number of hydrogen-bond acceptors (Lipinski definition) is 2. The maximum absolute atomic E-state index is 4.21. The molecule has 3 aromatic rings. The van der Waals surface area contributed by atoms with Gasteiger partial charge in [0.1, 0.15) is 0 Å². The zero-order chi connectivity index (χ0) is 13.1. The van der Waals surface area contributed by atoms with Gasteiger partial charge < -0.3 is 0 Å². The Bertz CT molecular complexity index is 659. The first-order valence-corrected chi connectivity index (χ1v) is 6.82. The van der Waals surface area contributed by atoms with Crippen molar-refractivity contribution in [1.29, 1.82) is 0 Å². The van der Waals surface area contributed by atoms with Gasteiger partial charge in [0, 0.05) is 10.9 Å². The molecule has 1 heterocycles. The topological polar surface area (TPSA) is 30.7 Å². The summed E-state index contributed by atoms with van der Waals surface area (Å²) >= 11 is 3.42. The Morgan fingerprint density at radius 1 is 0.947 bits per heavy atom. The smallest absolute Gasteiger partial charge is 0.0875 e. The molecule has 0 aliphatic rings. The van der Waals surface area contributed by atoms with Crippen LogP contribution >= 0.6 is 15.9 Å². The molecule has 3 nitrogen and oxygen atoms in total. The molecule has 0 saturated carbocycles. The number of aromatic nitrogens is 3. The first kappa shape index (κ1) is 12.1. The number of nitrogens with zero attached hydrogens (tertiary/aromatic N) is 3. The van der Waals surface area contributed by atoms with Gasteiger partial charge in [-0.15, -0.1) is 5.10 Å². The Labute approximate surface area is 120 Å². The van der Waals surface area contributed by atoms with Gasteiger partial charge in [-0.2, -0.15) is 0 Å². The lowest BCUT2D eigenvalue weighted by Gasteiger charge is -1.99. The van der Waals surface area contributed by atoms with Crippen LogP contribution in [0.25, 0.3) is 5.69 Å². The molecule has 2 aromatic carbocycles. The first-order valence-electron chi connectivity index (χ1n) is 6.02. The van der Waals surface area contributed by atoms with Crippen LogP contribution < -0.4 is 0 Å². The second-order valence-electron chi connectivity index (χ2n) is 4.29. The van der Waals surface area contributed by atoms with E-state index in [-0.39, 0.29) is 0 Å². The molecule has 0 unspecified atom stereocenters. The third-order valence-electron chi connectivity index (χ3n) is 2.86. The van der Waals surface area contributed by atoms with E-state index in [2.05, 4.69) is 38.4 Å². The fourth-order valence-electron chi connectivity index (χ4n) is 1.90. The molecule has 0 saturated heterocycles. The van der Waals surface area contributed by atoms with Crippen molar-refractivity contribution in [3.8, 4) is 5.69 Å². The van der Waals surface area contributed by atoms with Crippen molar-refractivity contribution in [2.45, 2.75) is 6.42 Å². The van der Waals surface area contributed by atoms with Crippen LogP contribution in [0.5, 0.6) is 0 Å². The zero-order valence-electron chi connectivity index (χ0n) is 10.2. The summed E-state index contributed by atoms with van der Waals surface area (Å²) in [6.45, 7) is 0. The minimum atomic E-state index is 0.803. The molecule has 0 bridgehead atoms. The molecule has 0 fully saturated rings. The molecule has 0 radical (unpaired) electrons. The minimum Gasteiger partial charge on any atom is -0.220 e. The molecule has 0 atom stereocenters. The van der Waals surface area contributed by atoms with Crippen LogP contribution in [0.1, 0.15) is 11.3 Å². The monoisotopic (exact) mass is 313 g/mol. The third-order valence-corrected chi connectivity index (χ3v) is 3.39. The van der Waals surface area contributed by atoms with Crippen LogP contribution in [0, 0.1) is 0 Å². The Morgan fingerprint density at radius 2 is 1.68 bits per heavy atom. The lowest BCUT2D eigenvalue weighted by Crippen LogP contribution is -1.93. The fraction of sp³-hybridized carbons (Fsp3) is 0.0667. The fourth-order valence-corrected chi connectivity index (χ4v) is 2.17. The van der Waals surface area contributed by atoms with Gasteiger partial charge >= 0.3 is 0 Å². The molecule has 0 aliphatic heterocycles. The van der Waals surface area contributed by atoms with Crippen molar-refractivity contribution in [2.75, 3.05) is 0 Å². The summed E-state index contributed by atoms with van der Waals surface area (Å²) in [6.07, 6.45) is 2.77. The number of benzene rings is 2. The highest BCUT2D eigenvalue weighted by atomic mass is 79.9. The van der Waals surface area contributed by atoms with Gasteiger partial charge in [0.2, 0.25) is 0 Å². The van der Waals surface area contributed by atoms with Gasteiger partial charge in [0.15, 0.2) is 0 Å². The molecule has 0 spiro atoms. The van der Waals surface area contributed by atoms with Crippen LogP contribution in [0.3, 0.4) is 0 Å². The Morgan fingerprint density at radius 3 is 2.42 bits per heavy atom. The Balaban J connectivity index is 1.82. The van der Waals surface area contributed by atoms with Gasteiger partial charge in [-0.1, -0.05) is 51.5 Å². The SMILES string of the molecule is Brc1ccc(-n2cc(Cc3ccccc3)nn2)cc1. The number of rotatable bonds is 3. The molecule has 0 N–H and O–H groups in total. The summed E-state index contributed by atoms with van der Waals surface area (Å²) in [5.74, 6) is 0. The van der Waals surface area contributed by atoms with E-state index in [1.54, 1.807) is 4.68 Å². The van der Waals surface area contributed by atoms with Gasteiger partial charge in [-0.05, 0) is 29.8 Å². The minimum absolute atomic E-state index is 0.803. The lowest BCUT2D eigenvalue weighted by molar-refractivity contribution is 0.799. The predicted molar refractivity (Wildman–Crippen MR) is 78.3 cm³/mol. The van der Waals surface area contributed by atoms with E-state index >= 15 is 0 Å². The maximum Gasteiger partial charge on any atom is 0.0875 e. The highest BCUT2D eigenvalue weighted by Gasteiger charge is 2.03. The summed E-state index contributed by atoms with van der Waals surface area (Å²) in [6, 6.07) is 18.3. The largest absolute Gasteiger partial charge is 0.220 e. The van der Waals surface area contributed by atoms with Crippen molar-refractivity contribution in [1.82, 2.24) is 15.0 Å². The van der Waals surface area contributed by atoms with E-state index in [1.165, 1.54) is 5.56 Å². The van der Waals surface area contributed by atoms with E-state index in [1.807, 2.05) is 48.7 Å². The summed E-state index contributed by atoms with van der Waals surface area (Å²) in [5, 5.41) is 8.38. The van der Waals surface area contributed by atoms with Crippen LogP contribution in [-0.4, -0.2) is 15.0 Å². The van der Waals surface area contributed by atoms with Gasteiger partial charge in [0.05, 0.1) is 17.6 Å². The number of halogens is 1. The molecule has 94 valence electrons. The number of hydrogen-bond donors (Lipinski definition) is 0. The second-order valence-corrected chi connectivity index (χ2v) is 5.21. The molecule has 19 heavy (non-hydrogen) atoms. The molecule has 1 aromatic heterocycles. The maximum atomic E-state index is 4.21. The van der Waals surface area contributed by atoms with E-state index in [9.17, 15) is 0 Å². The van der Waals surface area contributed by atoms with E-state index in [0.29, 0.717) is 0 Å². The first-order chi connectivity index (χ1) is 9.31. The Hall–Kier alpha value is -1.94. The summed E-state index contributed by atoms with van der Waals surface area (Å²) in [5.41, 5.74) is 3.22. The molecular weight excluding hydrogens is 302 g/mol. The van der Waals surface area contributed by atoms with E-state index in [0.717, 1.165) is 22.3 Å². The van der Waals surface area contributed by atoms with E-state index in [4.69, 9.17) is 0 Å². The molecular formula is C15H12BrN3.